The lowest BCUT2D eigenvalue weighted by atomic mass is 9.86. The van der Waals surface area contributed by atoms with Crippen LogP contribution in [0, 0.1) is 11.3 Å². The molecule has 8 rings (SSSR count). The third-order valence-electron chi connectivity index (χ3n) is 9.04. The monoisotopic (exact) mass is 631 g/mol. The molecule has 0 radical (unpaired) electrons. The number of aromatic nitrogens is 4. The van der Waals surface area contributed by atoms with Crippen molar-refractivity contribution >= 4 is 21.8 Å². The molecule has 0 saturated carbocycles. The van der Waals surface area contributed by atoms with Crippen molar-refractivity contribution < 1.29 is 0 Å². The fourth-order valence-corrected chi connectivity index (χ4v) is 6.49. The minimum atomic E-state index is 0.00865. The summed E-state index contributed by atoms with van der Waals surface area (Å²) in [5.41, 5.74) is 9.67. The van der Waals surface area contributed by atoms with Crippen LogP contribution >= 0.6 is 0 Å². The van der Waals surface area contributed by atoms with Crippen LogP contribution < -0.4 is 0 Å². The molecule has 0 aliphatic carbocycles. The van der Waals surface area contributed by atoms with Crippen LogP contribution in [-0.4, -0.2) is 19.5 Å². The van der Waals surface area contributed by atoms with Gasteiger partial charge in [-0.15, -0.1) is 0 Å². The predicted octanol–water partition coefficient (Wildman–Crippen LogP) is 10.8. The van der Waals surface area contributed by atoms with Gasteiger partial charge in [-0.1, -0.05) is 124 Å². The molecule has 2 heterocycles. The van der Waals surface area contributed by atoms with Crippen molar-refractivity contribution in [1.82, 2.24) is 19.5 Å². The van der Waals surface area contributed by atoms with E-state index in [1.54, 1.807) is 0 Å². The maximum absolute atomic E-state index is 9.68. The molecule has 6 aromatic carbocycles. The Balaban J connectivity index is 1.45. The first-order chi connectivity index (χ1) is 23.9. The average Bonchev–Trinajstić information content (AvgIpc) is 3.48. The highest BCUT2D eigenvalue weighted by atomic mass is 15.1. The van der Waals surface area contributed by atoms with Crippen molar-refractivity contribution in [3.8, 4) is 57.0 Å². The van der Waals surface area contributed by atoms with Gasteiger partial charge in [0.25, 0.3) is 0 Å². The number of nitriles is 1. The Bertz CT molecular complexity index is 2480. The first-order valence-electron chi connectivity index (χ1n) is 16.4. The van der Waals surface area contributed by atoms with Crippen molar-refractivity contribution in [1.29, 1.82) is 5.26 Å². The van der Waals surface area contributed by atoms with Crippen molar-refractivity contribution in [3.05, 3.63) is 157 Å². The zero-order valence-corrected chi connectivity index (χ0v) is 27.6. The van der Waals surface area contributed by atoms with Gasteiger partial charge in [0.2, 0.25) is 0 Å². The number of fused-ring (bicyclic) bond motifs is 3. The van der Waals surface area contributed by atoms with Gasteiger partial charge < -0.3 is 4.57 Å². The van der Waals surface area contributed by atoms with Crippen molar-refractivity contribution in [2.45, 2.75) is 26.2 Å². The summed E-state index contributed by atoms with van der Waals surface area (Å²) >= 11 is 0. The second-order valence-corrected chi connectivity index (χ2v) is 13.3. The highest BCUT2D eigenvalue weighted by Gasteiger charge is 2.22. The lowest BCUT2D eigenvalue weighted by Gasteiger charge is -2.19. The smallest absolute Gasteiger partial charge is 0.166 e. The minimum Gasteiger partial charge on any atom is -0.309 e. The van der Waals surface area contributed by atoms with Gasteiger partial charge in [0, 0.05) is 27.5 Å². The van der Waals surface area contributed by atoms with Crippen molar-refractivity contribution in [2.24, 2.45) is 0 Å². The third-order valence-corrected chi connectivity index (χ3v) is 9.04. The number of benzene rings is 6. The summed E-state index contributed by atoms with van der Waals surface area (Å²) in [6, 6.07) is 51.9. The second kappa shape index (κ2) is 12.0. The van der Waals surface area contributed by atoms with E-state index in [0.29, 0.717) is 23.0 Å². The second-order valence-electron chi connectivity index (χ2n) is 13.3. The van der Waals surface area contributed by atoms with Gasteiger partial charge in [0.05, 0.1) is 28.4 Å². The molecule has 0 spiro atoms. The topological polar surface area (TPSA) is 67.4 Å². The van der Waals surface area contributed by atoms with Crippen LogP contribution in [0.3, 0.4) is 0 Å². The van der Waals surface area contributed by atoms with E-state index in [2.05, 4.69) is 92.1 Å². The fraction of sp³-hybridized carbons (Fsp3) is 0.0909. The maximum Gasteiger partial charge on any atom is 0.166 e. The van der Waals surface area contributed by atoms with Crippen LogP contribution in [0.1, 0.15) is 31.9 Å². The Labute approximate surface area is 285 Å². The Hall–Kier alpha value is -6.38. The van der Waals surface area contributed by atoms with E-state index in [9.17, 15) is 5.26 Å². The molecular weight excluding hydrogens is 599 g/mol. The molecule has 8 aromatic rings. The van der Waals surface area contributed by atoms with Crippen LogP contribution in [0.2, 0.25) is 0 Å². The highest BCUT2D eigenvalue weighted by Crippen LogP contribution is 2.39. The van der Waals surface area contributed by atoms with Gasteiger partial charge in [0.15, 0.2) is 17.5 Å². The largest absolute Gasteiger partial charge is 0.309 e. The number of rotatable bonds is 5. The Morgan fingerprint density at radius 3 is 1.78 bits per heavy atom. The van der Waals surface area contributed by atoms with Crippen molar-refractivity contribution in [2.75, 3.05) is 0 Å². The Morgan fingerprint density at radius 2 is 1.10 bits per heavy atom. The molecule has 2 aromatic heterocycles. The quantitative estimate of drug-likeness (QED) is 0.190. The van der Waals surface area contributed by atoms with Gasteiger partial charge in [-0.05, 0) is 64.6 Å². The summed E-state index contributed by atoms with van der Waals surface area (Å²) < 4.78 is 2.33. The standard InChI is InChI=1S/C44H33N5/c1-44(2,3)34-22-24-39-36(27-34)35-19-10-11-20-38(35)49(39)40-23-21-33(32-18-12-13-29(25-32)28-45)26-37(40)43-47-41(30-14-6-4-7-15-30)46-42(48-43)31-16-8-5-9-17-31/h4-27H,1-3H3. The zero-order chi connectivity index (χ0) is 33.5. The molecule has 0 fully saturated rings. The molecule has 234 valence electrons. The summed E-state index contributed by atoms with van der Waals surface area (Å²) in [7, 11) is 0. The summed E-state index contributed by atoms with van der Waals surface area (Å²) in [5.74, 6) is 1.77. The Kier molecular flexibility index (Phi) is 7.35. The van der Waals surface area contributed by atoms with Gasteiger partial charge in [-0.3, -0.25) is 0 Å². The molecule has 0 aliphatic heterocycles. The highest BCUT2D eigenvalue weighted by molar-refractivity contribution is 6.10. The molecule has 0 atom stereocenters. The minimum absolute atomic E-state index is 0.00865. The van der Waals surface area contributed by atoms with Gasteiger partial charge in [-0.25, -0.2) is 15.0 Å². The first kappa shape index (κ1) is 30.0. The molecule has 0 unspecified atom stereocenters. The number of para-hydroxylation sites is 1. The summed E-state index contributed by atoms with van der Waals surface area (Å²) in [6.07, 6.45) is 0. The van der Waals surface area contributed by atoms with Crippen LogP contribution in [0.25, 0.3) is 72.8 Å². The van der Waals surface area contributed by atoms with Crippen molar-refractivity contribution in [3.63, 3.8) is 0 Å². The predicted molar refractivity (Wildman–Crippen MR) is 199 cm³/mol. The van der Waals surface area contributed by atoms with Crippen LogP contribution in [0.4, 0.5) is 0 Å². The molecule has 0 bridgehead atoms. The van der Waals surface area contributed by atoms with Gasteiger partial charge >= 0.3 is 0 Å². The maximum atomic E-state index is 9.68. The normalized spacial score (nSPS) is 11.6. The molecule has 0 aliphatic rings. The van der Waals surface area contributed by atoms with E-state index in [1.165, 1.54) is 16.3 Å². The van der Waals surface area contributed by atoms with Crippen LogP contribution in [0.5, 0.6) is 0 Å². The van der Waals surface area contributed by atoms with Gasteiger partial charge in [-0.2, -0.15) is 5.26 Å². The Morgan fingerprint density at radius 1 is 0.510 bits per heavy atom. The number of hydrogen-bond donors (Lipinski definition) is 0. The van der Waals surface area contributed by atoms with E-state index in [4.69, 9.17) is 15.0 Å². The molecule has 5 nitrogen and oxygen atoms in total. The summed E-state index contributed by atoms with van der Waals surface area (Å²) in [4.78, 5) is 15.3. The van der Waals surface area contributed by atoms with E-state index < -0.39 is 0 Å². The molecule has 49 heavy (non-hydrogen) atoms. The molecule has 0 amide bonds. The zero-order valence-electron chi connectivity index (χ0n) is 27.6. The summed E-state index contributed by atoms with van der Waals surface area (Å²) in [6.45, 7) is 6.75. The molecule has 0 saturated heterocycles. The third kappa shape index (κ3) is 5.54. The summed E-state index contributed by atoms with van der Waals surface area (Å²) in [5, 5.41) is 12.1. The van der Waals surface area contributed by atoms with E-state index in [-0.39, 0.29) is 5.41 Å². The average molecular weight is 632 g/mol. The first-order valence-corrected chi connectivity index (χ1v) is 16.4. The fourth-order valence-electron chi connectivity index (χ4n) is 6.49. The lowest BCUT2D eigenvalue weighted by Crippen LogP contribution is -2.10. The molecular formula is C44H33N5. The SMILES string of the molecule is CC(C)(C)c1ccc2c(c1)c1ccccc1n2-c1ccc(-c2cccc(C#N)c2)cc1-c1nc(-c2ccccc2)nc(-c2ccccc2)n1. The molecule has 5 heteroatoms. The number of hydrogen-bond acceptors (Lipinski definition) is 4. The van der Waals surface area contributed by atoms with Crippen LogP contribution in [-0.2, 0) is 5.41 Å². The molecule has 0 N–H and O–H groups in total. The van der Waals surface area contributed by atoms with E-state index in [1.807, 2.05) is 84.9 Å². The van der Waals surface area contributed by atoms with Gasteiger partial charge in [0.1, 0.15) is 0 Å². The lowest BCUT2D eigenvalue weighted by molar-refractivity contribution is 0.591. The van der Waals surface area contributed by atoms with E-state index >= 15 is 0 Å². The van der Waals surface area contributed by atoms with Crippen LogP contribution in [0.15, 0.2) is 146 Å². The number of nitrogens with zero attached hydrogens (tertiary/aromatic N) is 5. The van der Waals surface area contributed by atoms with E-state index in [0.717, 1.165) is 44.5 Å².